The number of fused-ring (bicyclic) bond motifs is 1. The van der Waals surface area contributed by atoms with Gasteiger partial charge in [-0.15, -0.1) is 0 Å². The van der Waals surface area contributed by atoms with Crippen LogP contribution in [0.2, 0.25) is 5.02 Å². The highest BCUT2D eigenvalue weighted by molar-refractivity contribution is 6.30. The maximum absolute atomic E-state index is 12.6. The molecule has 0 aliphatic rings. The fraction of sp³-hybridized carbons (Fsp3) is 0.111. The van der Waals surface area contributed by atoms with E-state index in [0.29, 0.717) is 10.7 Å². The van der Waals surface area contributed by atoms with Gasteiger partial charge in [-0.05, 0) is 37.3 Å². The number of carbonyl (C=O) groups excluding carboxylic acids is 1. The number of nitrogens with zero attached hydrogens (tertiary/aromatic N) is 2. The number of rotatable bonds is 4. The SMILES string of the molecule is C=Cn1c[n+]([C@H](C)C(=O)Nc2cccc(Cl)c2)c2ccccc21. The summed E-state index contributed by atoms with van der Waals surface area (Å²) in [6, 6.07) is 14.6. The highest BCUT2D eigenvalue weighted by Gasteiger charge is 2.24. The van der Waals surface area contributed by atoms with Gasteiger partial charge in [0.05, 0.1) is 6.20 Å². The molecule has 1 aromatic heterocycles. The molecule has 2 aromatic carbocycles. The number of imidazole rings is 1. The van der Waals surface area contributed by atoms with Gasteiger partial charge in [0.25, 0.3) is 5.91 Å². The van der Waals surface area contributed by atoms with Crippen molar-refractivity contribution in [2.75, 3.05) is 5.32 Å². The van der Waals surface area contributed by atoms with E-state index in [4.69, 9.17) is 11.6 Å². The lowest BCUT2D eigenvalue weighted by atomic mass is 10.2. The van der Waals surface area contributed by atoms with Crippen molar-refractivity contribution < 1.29 is 9.36 Å². The molecule has 3 aromatic rings. The summed E-state index contributed by atoms with van der Waals surface area (Å²) in [5.41, 5.74) is 2.66. The highest BCUT2D eigenvalue weighted by Crippen LogP contribution is 2.17. The van der Waals surface area contributed by atoms with Crippen LogP contribution in [0.5, 0.6) is 0 Å². The number of hydrogen-bond acceptors (Lipinski definition) is 1. The van der Waals surface area contributed by atoms with Crippen LogP contribution in [0.15, 0.2) is 61.4 Å². The first-order valence-electron chi connectivity index (χ1n) is 7.30. The molecule has 0 unspecified atom stereocenters. The van der Waals surface area contributed by atoms with Crippen LogP contribution in [0, 0.1) is 0 Å². The third-order valence-electron chi connectivity index (χ3n) is 3.77. The smallest absolute Gasteiger partial charge is 0.269 e. The van der Waals surface area contributed by atoms with Gasteiger partial charge in [0, 0.05) is 10.7 Å². The number of halogens is 1. The van der Waals surface area contributed by atoms with Gasteiger partial charge in [0.1, 0.15) is 0 Å². The molecule has 0 aliphatic heterocycles. The maximum atomic E-state index is 12.6. The summed E-state index contributed by atoms with van der Waals surface area (Å²) in [5.74, 6) is -0.107. The zero-order valence-electron chi connectivity index (χ0n) is 12.7. The second-order valence-corrected chi connectivity index (χ2v) is 5.71. The first kappa shape index (κ1) is 15.3. The molecule has 0 saturated heterocycles. The molecule has 0 fully saturated rings. The average molecular weight is 327 g/mol. The summed E-state index contributed by atoms with van der Waals surface area (Å²) in [4.78, 5) is 12.6. The van der Waals surface area contributed by atoms with Gasteiger partial charge in [-0.3, -0.25) is 4.79 Å². The van der Waals surface area contributed by atoms with E-state index in [1.54, 1.807) is 24.4 Å². The summed E-state index contributed by atoms with van der Waals surface area (Å²) in [6.45, 7) is 5.67. The number of hydrogen-bond donors (Lipinski definition) is 1. The van der Waals surface area contributed by atoms with Gasteiger partial charge in [-0.2, -0.15) is 0 Å². The van der Waals surface area contributed by atoms with Gasteiger partial charge < -0.3 is 5.32 Å². The first-order chi connectivity index (χ1) is 11.1. The molecule has 0 spiro atoms. The molecule has 4 nitrogen and oxygen atoms in total. The Morgan fingerprint density at radius 3 is 2.83 bits per heavy atom. The van der Waals surface area contributed by atoms with Crippen molar-refractivity contribution in [3.8, 4) is 0 Å². The third kappa shape index (κ3) is 2.98. The monoisotopic (exact) mass is 326 g/mol. The number of carbonyl (C=O) groups is 1. The molecule has 116 valence electrons. The van der Waals surface area contributed by atoms with Crippen LogP contribution in [-0.4, -0.2) is 10.5 Å². The Kier molecular flexibility index (Phi) is 4.17. The lowest BCUT2D eigenvalue weighted by Crippen LogP contribution is -2.43. The quantitative estimate of drug-likeness (QED) is 0.726. The standard InChI is InChI=1S/C18H16ClN3O/c1-3-21-12-22(17-10-5-4-9-16(17)21)13(2)18(23)20-15-8-6-7-14(19)11-15/h3-13H,1H2,2H3/p+1/t13-/m1/s1. The minimum Gasteiger partial charge on any atom is -0.322 e. The molecular weight excluding hydrogens is 310 g/mol. The molecule has 1 amide bonds. The van der Waals surface area contributed by atoms with Gasteiger partial charge in [0.15, 0.2) is 17.1 Å². The summed E-state index contributed by atoms with van der Waals surface area (Å²) in [7, 11) is 0. The Labute approximate surface area is 139 Å². The molecule has 0 saturated carbocycles. The Morgan fingerprint density at radius 2 is 2.09 bits per heavy atom. The predicted octanol–water partition coefficient (Wildman–Crippen LogP) is 3.88. The highest BCUT2D eigenvalue weighted by atomic mass is 35.5. The molecule has 23 heavy (non-hydrogen) atoms. The van der Waals surface area contributed by atoms with Crippen molar-refractivity contribution in [3.05, 3.63) is 66.5 Å². The minimum atomic E-state index is -0.375. The molecule has 1 atom stereocenters. The lowest BCUT2D eigenvalue weighted by molar-refractivity contribution is -0.680. The number of para-hydroxylation sites is 2. The van der Waals surface area contributed by atoms with E-state index in [-0.39, 0.29) is 11.9 Å². The zero-order chi connectivity index (χ0) is 16.4. The largest absolute Gasteiger partial charge is 0.322 e. The van der Waals surface area contributed by atoms with Crippen LogP contribution < -0.4 is 9.88 Å². The topological polar surface area (TPSA) is 37.9 Å². The van der Waals surface area contributed by atoms with E-state index >= 15 is 0 Å². The number of anilines is 1. The van der Waals surface area contributed by atoms with Crippen LogP contribution in [0.1, 0.15) is 13.0 Å². The Morgan fingerprint density at radius 1 is 1.30 bits per heavy atom. The fourth-order valence-electron chi connectivity index (χ4n) is 2.55. The second kappa shape index (κ2) is 6.26. The van der Waals surface area contributed by atoms with E-state index in [1.807, 2.05) is 52.7 Å². The molecule has 1 N–H and O–H groups in total. The third-order valence-corrected chi connectivity index (χ3v) is 4.01. The van der Waals surface area contributed by atoms with E-state index < -0.39 is 0 Å². The van der Waals surface area contributed by atoms with Crippen LogP contribution in [0.4, 0.5) is 5.69 Å². The number of amides is 1. The van der Waals surface area contributed by atoms with Crippen molar-refractivity contribution in [1.82, 2.24) is 4.57 Å². The Balaban J connectivity index is 1.92. The Bertz CT molecular complexity index is 885. The maximum Gasteiger partial charge on any atom is 0.269 e. The number of nitrogens with one attached hydrogen (secondary N) is 1. The number of benzene rings is 2. The van der Waals surface area contributed by atoms with E-state index in [9.17, 15) is 4.79 Å². The second-order valence-electron chi connectivity index (χ2n) is 5.28. The Hall–Kier alpha value is -2.59. The summed E-state index contributed by atoms with van der Waals surface area (Å²) < 4.78 is 3.83. The van der Waals surface area contributed by atoms with Crippen molar-refractivity contribution in [2.45, 2.75) is 13.0 Å². The molecule has 0 radical (unpaired) electrons. The molecule has 0 aliphatic carbocycles. The van der Waals surface area contributed by atoms with E-state index in [0.717, 1.165) is 11.0 Å². The number of aromatic nitrogens is 2. The van der Waals surface area contributed by atoms with Crippen LogP contribution >= 0.6 is 11.6 Å². The van der Waals surface area contributed by atoms with Crippen LogP contribution in [-0.2, 0) is 4.79 Å². The fourth-order valence-corrected chi connectivity index (χ4v) is 2.74. The normalized spacial score (nSPS) is 12.1. The van der Waals surface area contributed by atoms with E-state index in [2.05, 4.69) is 11.9 Å². The summed E-state index contributed by atoms with van der Waals surface area (Å²) >= 11 is 5.95. The lowest BCUT2D eigenvalue weighted by Gasteiger charge is -2.10. The predicted molar refractivity (Wildman–Crippen MR) is 93.3 cm³/mol. The van der Waals surface area contributed by atoms with E-state index in [1.165, 1.54) is 0 Å². The van der Waals surface area contributed by atoms with Gasteiger partial charge in [-0.1, -0.05) is 36.4 Å². The van der Waals surface area contributed by atoms with Crippen molar-refractivity contribution in [1.29, 1.82) is 0 Å². The molecule has 3 rings (SSSR count). The van der Waals surface area contributed by atoms with Gasteiger partial charge in [-0.25, -0.2) is 9.13 Å². The van der Waals surface area contributed by atoms with Crippen LogP contribution in [0.25, 0.3) is 17.2 Å². The molecule has 0 bridgehead atoms. The van der Waals surface area contributed by atoms with Crippen molar-refractivity contribution >= 4 is 40.4 Å². The van der Waals surface area contributed by atoms with Gasteiger partial charge in [0.2, 0.25) is 6.33 Å². The average Bonchev–Trinajstić information content (AvgIpc) is 2.93. The first-order valence-corrected chi connectivity index (χ1v) is 7.67. The molecule has 5 heteroatoms. The van der Waals surface area contributed by atoms with Gasteiger partial charge >= 0.3 is 0 Å². The molecular formula is C18H17ClN3O+. The van der Waals surface area contributed by atoms with Crippen molar-refractivity contribution in [2.24, 2.45) is 0 Å². The zero-order valence-corrected chi connectivity index (χ0v) is 13.5. The van der Waals surface area contributed by atoms with Crippen molar-refractivity contribution in [3.63, 3.8) is 0 Å². The summed E-state index contributed by atoms with van der Waals surface area (Å²) in [6.07, 6.45) is 3.60. The summed E-state index contributed by atoms with van der Waals surface area (Å²) in [5, 5.41) is 3.48. The molecule has 1 heterocycles. The minimum absolute atomic E-state index is 0.107. The van der Waals surface area contributed by atoms with Crippen LogP contribution in [0.3, 0.4) is 0 Å².